The number of esters is 1. The molecule has 1 saturated heterocycles. The lowest BCUT2D eigenvalue weighted by molar-refractivity contribution is -0.906. The number of nitrogens with one attached hydrogen (secondary N) is 2. The average Bonchev–Trinajstić information content (AvgIpc) is 2.73. The molecule has 6 heteroatoms. The molecular formula is C17H27N2O4+. The third-order valence-electron chi connectivity index (χ3n) is 4.22. The van der Waals surface area contributed by atoms with Gasteiger partial charge < -0.3 is 19.4 Å². The molecule has 0 amide bonds. The van der Waals surface area contributed by atoms with E-state index in [4.69, 9.17) is 9.47 Å². The Labute approximate surface area is 137 Å². The van der Waals surface area contributed by atoms with Gasteiger partial charge in [0.05, 0.1) is 17.9 Å². The highest BCUT2D eigenvalue weighted by molar-refractivity contribution is 6.01. The van der Waals surface area contributed by atoms with Gasteiger partial charge in [-0.25, -0.2) is 4.79 Å². The van der Waals surface area contributed by atoms with Crippen LogP contribution in [0.5, 0.6) is 0 Å². The Morgan fingerprint density at radius 2 is 1.87 bits per heavy atom. The van der Waals surface area contributed by atoms with Gasteiger partial charge in [-0.15, -0.1) is 0 Å². The first kappa shape index (κ1) is 17.7. The molecule has 128 valence electrons. The molecule has 6 nitrogen and oxygen atoms in total. The zero-order valence-corrected chi connectivity index (χ0v) is 14.6. The van der Waals surface area contributed by atoms with Crippen LogP contribution in [0, 0.1) is 13.8 Å². The van der Waals surface area contributed by atoms with Crippen molar-refractivity contribution < 1.29 is 24.0 Å². The zero-order chi connectivity index (χ0) is 17.1. The van der Waals surface area contributed by atoms with Crippen LogP contribution in [-0.4, -0.2) is 55.2 Å². The summed E-state index contributed by atoms with van der Waals surface area (Å²) in [6, 6.07) is 0. The lowest BCUT2D eigenvalue weighted by Crippen LogP contribution is -3.16. The monoisotopic (exact) mass is 323 g/mol. The first-order chi connectivity index (χ1) is 10.8. The molecule has 2 unspecified atom stereocenters. The Balaban J connectivity index is 2.14. The number of aromatic amines is 1. The fourth-order valence-corrected chi connectivity index (χ4v) is 3.39. The smallest absolute Gasteiger partial charge is 0.340 e. The minimum Gasteiger partial charge on any atom is -0.462 e. The molecule has 0 radical (unpaired) electrons. The number of morpholine rings is 1. The van der Waals surface area contributed by atoms with Gasteiger partial charge in [-0.1, -0.05) is 0 Å². The number of ether oxygens (including phenoxy) is 2. The highest BCUT2D eigenvalue weighted by atomic mass is 16.5. The van der Waals surface area contributed by atoms with Gasteiger partial charge in [0.1, 0.15) is 31.8 Å². The van der Waals surface area contributed by atoms with Gasteiger partial charge in [-0.05, 0) is 40.2 Å². The highest BCUT2D eigenvalue weighted by Crippen LogP contribution is 2.19. The molecule has 1 aromatic heterocycles. The van der Waals surface area contributed by atoms with Crippen LogP contribution >= 0.6 is 0 Å². The molecule has 2 N–H and O–H groups in total. The van der Waals surface area contributed by atoms with Gasteiger partial charge in [0, 0.05) is 5.69 Å². The van der Waals surface area contributed by atoms with Gasteiger partial charge in [0.2, 0.25) is 5.78 Å². The summed E-state index contributed by atoms with van der Waals surface area (Å²) in [5, 5.41) is 0. The van der Waals surface area contributed by atoms with E-state index in [-0.39, 0.29) is 24.0 Å². The van der Waals surface area contributed by atoms with Crippen molar-refractivity contribution in [2.24, 2.45) is 0 Å². The third kappa shape index (κ3) is 4.00. The molecule has 1 aliphatic rings. The number of H-pyrrole nitrogens is 1. The summed E-state index contributed by atoms with van der Waals surface area (Å²) in [6.45, 7) is 11.8. The first-order valence-electron chi connectivity index (χ1n) is 8.21. The van der Waals surface area contributed by atoms with Crippen LogP contribution in [-0.2, 0) is 9.47 Å². The van der Waals surface area contributed by atoms with Crippen molar-refractivity contribution in [3.8, 4) is 0 Å². The summed E-state index contributed by atoms with van der Waals surface area (Å²) in [6.07, 6.45) is 0.311. The molecule has 0 aliphatic carbocycles. The van der Waals surface area contributed by atoms with E-state index in [2.05, 4.69) is 4.98 Å². The van der Waals surface area contributed by atoms with E-state index in [1.165, 1.54) is 4.90 Å². The maximum atomic E-state index is 12.6. The largest absolute Gasteiger partial charge is 0.462 e. The quantitative estimate of drug-likeness (QED) is 0.617. The number of Topliss-reactive ketones (excluding diaryl/α,β-unsaturated/α-hetero) is 1. The summed E-state index contributed by atoms with van der Waals surface area (Å²) in [5.41, 5.74) is 2.36. The van der Waals surface area contributed by atoms with Crippen LogP contribution in [0.4, 0.5) is 0 Å². The van der Waals surface area contributed by atoms with Crippen molar-refractivity contribution in [1.29, 1.82) is 0 Å². The Hall–Kier alpha value is -1.66. The second-order valence-electron chi connectivity index (χ2n) is 6.36. The Kier molecular flexibility index (Phi) is 5.59. The topological polar surface area (TPSA) is 72.8 Å². The normalized spacial score (nSPS) is 24.5. The van der Waals surface area contributed by atoms with E-state index >= 15 is 0 Å². The van der Waals surface area contributed by atoms with E-state index in [0.717, 1.165) is 13.1 Å². The van der Waals surface area contributed by atoms with Gasteiger partial charge in [-0.3, -0.25) is 4.79 Å². The summed E-state index contributed by atoms with van der Waals surface area (Å²) < 4.78 is 10.8. The van der Waals surface area contributed by atoms with Crippen molar-refractivity contribution >= 4 is 11.8 Å². The van der Waals surface area contributed by atoms with E-state index < -0.39 is 0 Å². The van der Waals surface area contributed by atoms with Crippen LogP contribution in [0.2, 0.25) is 0 Å². The molecule has 0 saturated carbocycles. The van der Waals surface area contributed by atoms with Crippen molar-refractivity contribution in [3.05, 3.63) is 22.5 Å². The average molecular weight is 323 g/mol. The van der Waals surface area contributed by atoms with Crippen LogP contribution in [0.15, 0.2) is 0 Å². The summed E-state index contributed by atoms with van der Waals surface area (Å²) in [7, 11) is 0. The van der Waals surface area contributed by atoms with Crippen LogP contribution in [0.25, 0.3) is 0 Å². The molecule has 1 fully saturated rings. The van der Waals surface area contributed by atoms with Crippen LogP contribution in [0.3, 0.4) is 0 Å². The number of quaternary nitrogens is 1. The van der Waals surface area contributed by atoms with Crippen molar-refractivity contribution in [3.63, 3.8) is 0 Å². The Morgan fingerprint density at radius 3 is 2.43 bits per heavy atom. The zero-order valence-electron chi connectivity index (χ0n) is 14.6. The second kappa shape index (κ2) is 7.27. The Morgan fingerprint density at radius 1 is 1.26 bits per heavy atom. The molecule has 0 aromatic carbocycles. The number of carbonyl (C=O) groups is 2. The molecule has 1 aliphatic heterocycles. The Bertz CT molecular complexity index is 584. The number of aromatic nitrogens is 1. The molecule has 2 atom stereocenters. The van der Waals surface area contributed by atoms with Crippen LogP contribution < -0.4 is 4.90 Å². The number of hydrogen-bond donors (Lipinski definition) is 2. The number of hydrogen-bond acceptors (Lipinski definition) is 4. The number of aryl methyl sites for hydroxylation is 1. The van der Waals surface area contributed by atoms with E-state index in [1.807, 2.05) is 13.8 Å². The van der Waals surface area contributed by atoms with Crippen molar-refractivity contribution in [2.75, 3.05) is 26.2 Å². The van der Waals surface area contributed by atoms with E-state index in [1.54, 1.807) is 20.8 Å². The third-order valence-corrected chi connectivity index (χ3v) is 4.22. The predicted octanol–water partition coefficient (Wildman–Crippen LogP) is 0.683. The molecule has 23 heavy (non-hydrogen) atoms. The van der Waals surface area contributed by atoms with Crippen molar-refractivity contribution in [2.45, 2.75) is 46.8 Å². The molecule has 1 aromatic rings. The maximum Gasteiger partial charge on any atom is 0.340 e. The summed E-state index contributed by atoms with van der Waals surface area (Å²) in [5.74, 6) is -0.351. The first-order valence-corrected chi connectivity index (χ1v) is 8.21. The number of carbonyl (C=O) groups excluding carboxylic acids is 2. The second-order valence-corrected chi connectivity index (χ2v) is 6.36. The number of ketones is 1. The minimum absolute atomic E-state index is 0.0254. The predicted molar refractivity (Wildman–Crippen MR) is 86.1 cm³/mol. The lowest BCUT2D eigenvalue weighted by atomic mass is 10.1. The SMILES string of the molecule is CCOC(=O)c1c(C)[nH]c(C(=O)C[NH+]2CC(C)OC(C)C2)c1C. The fourth-order valence-electron chi connectivity index (χ4n) is 3.39. The van der Waals surface area contributed by atoms with Crippen LogP contribution in [0.1, 0.15) is 52.9 Å². The molecule has 0 spiro atoms. The minimum atomic E-state index is -0.376. The molecule has 2 rings (SSSR count). The van der Waals surface area contributed by atoms with Crippen molar-refractivity contribution in [1.82, 2.24) is 4.98 Å². The molecule has 0 bridgehead atoms. The highest BCUT2D eigenvalue weighted by Gasteiger charge is 2.30. The number of rotatable bonds is 5. The lowest BCUT2D eigenvalue weighted by Gasteiger charge is -2.31. The summed E-state index contributed by atoms with van der Waals surface area (Å²) in [4.78, 5) is 29.0. The molecule has 2 heterocycles. The van der Waals surface area contributed by atoms with E-state index in [0.29, 0.717) is 35.7 Å². The fraction of sp³-hybridized carbons (Fsp3) is 0.647. The van der Waals surface area contributed by atoms with E-state index in [9.17, 15) is 9.59 Å². The molecular weight excluding hydrogens is 296 g/mol. The van der Waals surface area contributed by atoms with Gasteiger partial charge >= 0.3 is 5.97 Å². The maximum absolute atomic E-state index is 12.6. The van der Waals surface area contributed by atoms with Gasteiger partial charge in [-0.2, -0.15) is 0 Å². The van der Waals surface area contributed by atoms with Gasteiger partial charge in [0.25, 0.3) is 0 Å². The summed E-state index contributed by atoms with van der Waals surface area (Å²) >= 11 is 0. The van der Waals surface area contributed by atoms with Gasteiger partial charge in [0.15, 0.2) is 0 Å². The standard InChI is InChI=1S/C17H26N2O4/c1-6-22-17(21)15-12(4)16(18-13(15)5)14(20)9-19-7-10(2)23-11(3)8-19/h10-11,18H,6-9H2,1-5H3/p+1.